The zero-order chi connectivity index (χ0) is 15.1. The summed E-state index contributed by atoms with van der Waals surface area (Å²) in [7, 11) is 1.55. The third-order valence-corrected chi connectivity index (χ3v) is 3.13. The van der Waals surface area contributed by atoms with Crippen molar-refractivity contribution in [2.75, 3.05) is 20.3 Å². The van der Waals surface area contributed by atoms with Crippen LogP contribution in [0.5, 0.6) is 11.5 Å². The van der Waals surface area contributed by atoms with E-state index in [2.05, 4.69) is 5.32 Å². The molecule has 21 heavy (non-hydrogen) atoms. The van der Waals surface area contributed by atoms with Gasteiger partial charge in [0.2, 0.25) is 5.91 Å². The van der Waals surface area contributed by atoms with Crippen LogP contribution >= 0.6 is 24.0 Å². The van der Waals surface area contributed by atoms with Crippen LogP contribution in [-0.2, 0) is 11.3 Å². The van der Waals surface area contributed by atoms with Crippen molar-refractivity contribution < 1.29 is 14.3 Å². The minimum atomic E-state index is -0.213. The Labute approximate surface area is 136 Å². The summed E-state index contributed by atoms with van der Waals surface area (Å²) in [6.45, 7) is 4.84. The normalized spacial score (nSPS) is 11.3. The first-order chi connectivity index (χ1) is 9.53. The van der Waals surface area contributed by atoms with Crippen LogP contribution in [-0.4, -0.2) is 26.2 Å². The molecule has 1 amide bonds. The molecule has 120 valence electrons. The number of hydrogen-bond acceptors (Lipinski definition) is 4. The zero-order valence-corrected chi connectivity index (χ0v) is 14.0. The summed E-state index contributed by atoms with van der Waals surface area (Å²) < 4.78 is 10.7. The number of nitrogens with one attached hydrogen (secondary N) is 1. The van der Waals surface area contributed by atoms with E-state index in [1.165, 1.54) is 0 Å². The largest absolute Gasteiger partial charge is 0.493 e. The number of methoxy groups -OCH3 is 1. The lowest BCUT2D eigenvalue weighted by Gasteiger charge is -2.14. The van der Waals surface area contributed by atoms with E-state index in [9.17, 15) is 4.79 Å². The molecule has 0 aliphatic carbocycles. The minimum absolute atomic E-state index is 0. The van der Waals surface area contributed by atoms with Gasteiger partial charge in [-0.25, -0.2) is 0 Å². The molecule has 1 aromatic carbocycles. The van der Waals surface area contributed by atoms with Crippen LogP contribution in [0.2, 0.25) is 5.02 Å². The van der Waals surface area contributed by atoms with Crippen molar-refractivity contribution in [2.24, 2.45) is 11.7 Å². The van der Waals surface area contributed by atoms with Crippen LogP contribution < -0.4 is 20.5 Å². The van der Waals surface area contributed by atoms with Crippen molar-refractivity contribution >= 4 is 29.9 Å². The summed E-state index contributed by atoms with van der Waals surface area (Å²) in [6, 6.07) is 3.55. The van der Waals surface area contributed by atoms with E-state index in [0.29, 0.717) is 36.2 Å². The van der Waals surface area contributed by atoms with E-state index in [1.807, 2.05) is 6.92 Å². The van der Waals surface area contributed by atoms with Crippen LogP contribution in [0.25, 0.3) is 0 Å². The molecule has 0 fully saturated rings. The highest BCUT2D eigenvalue weighted by Crippen LogP contribution is 2.36. The molecule has 1 atom stereocenters. The van der Waals surface area contributed by atoms with Gasteiger partial charge in [-0.2, -0.15) is 0 Å². The standard InChI is InChI=1S/C14H21ClN2O3.ClH/c1-4-20-13-11(15)5-10(6-12(13)19-3)8-17-14(18)9(2)7-16;/h5-6,9H,4,7-8,16H2,1-3H3,(H,17,18);1H. The third-order valence-electron chi connectivity index (χ3n) is 2.85. The Balaban J connectivity index is 0.00000400. The summed E-state index contributed by atoms with van der Waals surface area (Å²) in [5.74, 6) is 0.768. The highest BCUT2D eigenvalue weighted by Gasteiger charge is 2.14. The molecule has 0 aromatic heterocycles. The second-order valence-corrected chi connectivity index (χ2v) is 4.80. The van der Waals surface area contributed by atoms with E-state index < -0.39 is 0 Å². The predicted molar refractivity (Wildman–Crippen MR) is 86.5 cm³/mol. The van der Waals surface area contributed by atoms with Gasteiger partial charge in [-0.05, 0) is 24.6 Å². The van der Waals surface area contributed by atoms with Crippen molar-refractivity contribution in [1.29, 1.82) is 0 Å². The van der Waals surface area contributed by atoms with Gasteiger partial charge in [-0.1, -0.05) is 18.5 Å². The van der Waals surface area contributed by atoms with Gasteiger partial charge in [0.05, 0.1) is 18.7 Å². The fraction of sp³-hybridized carbons (Fsp3) is 0.500. The minimum Gasteiger partial charge on any atom is -0.493 e. The summed E-state index contributed by atoms with van der Waals surface area (Å²) in [5.41, 5.74) is 6.29. The topological polar surface area (TPSA) is 73.6 Å². The molecule has 0 radical (unpaired) electrons. The van der Waals surface area contributed by atoms with Gasteiger partial charge in [0, 0.05) is 19.0 Å². The zero-order valence-electron chi connectivity index (χ0n) is 12.4. The van der Waals surface area contributed by atoms with Crippen LogP contribution in [0, 0.1) is 5.92 Å². The number of ether oxygens (including phenoxy) is 2. The molecule has 5 nitrogen and oxygen atoms in total. The second-order valence-electron chi connectivity index (χ2n) is 4.40. The van der Waals surface area contributed by atoms with Crippen molar-refractivity contribution in [2.45, 2.75) is 20.4 Å². The molecular weight excluding hydrogens is 315 g/mol. The maximum absolute atomic E-state index is 11.7. The van der Waals surface area contributed by atoms with Crippen molar-refractivity contribution in [3.63, 3.8) is 0 Å². The SMILES string of the molecule is CCOc1c(Cl)cc(CNC(=O)C(C)CN)cc1OC.Cl. The van der Waals surface area contributed by atoms with Crippen LogP contribution in [0.1, 0.15) is 19.4 Å². The van der Waals surface area contributed by atoms with E-state index in [0.717, 1.165) is 5.56 Å². The fourth-order valence-corrected chi connectivity index (χ4v) is 1.92. The van der Waals surface area contributed by atoms with Crippen LogP contribution in [0.4, 0.5) is 0 Å². The smallest absolute Gasteiger partial charge is 0.224 e. The summed E-state index contributed by atoms with van der Waals surface area (Å²) in [6.07, 6.45) is 0. The first-order valence-electron chi connectivity index (χ1n) is 6.50. The number of carbonyl (C=O) groups excluding carboxylic acids is 1. The number of benzene rings is 1. The third kappa shape index (κ3) is 5.61. The van der Waals surface area contributed by atoms with E-state index >= 15 is 0 Å². The lowest BCUT2D eigenvalue weighted by Crippen LogP contribution is -2.32. The van der Waals surface area contributed by atoms with Gasteiger partial charge in [0.25, 0.3) is 0 Å². The second kappa shape index (κ2) is 9.71. The van der Waals surface area contributed by atoms with Crippen molar-refractivity contribution in [3.05, 3.63) is 22.7 Å². The van der Waals surface area contributed by atoms with E-state index in [1.54, 1.807) is 26.2 Å². The van der Waals surface area contributed by atoms with Gasteiger partial charge >= 0.3 is 0 Å². The summed E-state index contributed by atoms with van der Waals surface area (Å²) in [5, 5.41) is 3.27. The Kier molecular flexibility index (Phi) is 9.17. The monoisotopic (exact) mass is 336 g/mol. The van der Waals surface area contributed by atoms with Crippen LogP contribution in [0.3, 0.4) is 0 Å². The molecule has 0 saturated heterocycles. The number of amides is 1. The molecular formula is C14H22Cl2N2O3. The van der Waals surface area contributed by atoms with Crippen LogP contribution in [0.15, 0.2) is 12.1 Å². The predicted octanol–water partition coefficient (Wildman–Crippen LogP) is 2.38. The summed E-state index contributed by atoms with van der Waals surface area (Å²) >= 11 is 6.16. The Morgan fingerprint density at radius 1 is 1.48 bits per heavy atom. The van der Waals surface area contributed by atoms with Gasteiger partial charge in [-0.3, -0.25) is 4.79 Å². The summed E-state index contributed by atoms with van der Waals surface area (Å²) in [4.78, 5) is 11.7. The lowest BCUT2D eigenvalue weighted by molar-refractivity contribution is -0.124. The number of carbonyl (C=O) groups is 1. The Bertz CT molecular complexity index is 470. The molecule has 0 saturated carbocycles. The van der Waals surface area contributed by atoms with Gasteiger partial charge < -0.3 is 20.5 Å². The molecule has 7 heteroatoms. The number of rotatable bonds is 7. The molecule has 1 unspecified atom stereocenters. The van der Waals surface area contributed by atoms with Gasteiger partial charge in [-0.15, -0.1) is 12.4 Å². The number of halogens is 2. The maximum Gasteiger partial charge on any atom is 0.224 e. The van der Waals surface area contributed by atoms with E-state index in [4.69, 9.17) is 26.8 Å². The quantitative estimate of drug-likeness (QED) is 0.801. The molecule has 3 N–H and O–H groups in total. The molecule has 0 aliphatic heterocycles. The number of nitrogens with two attached hydrogens (primary N) is 1. The maximum atomic E-state index is 11.7. The average molecular weight is 337 g/mol. The molecule has 0 aliphatic rings. The highest BCUT2D eigenvalue weighted by molar-refractivity contribution is 6.32. The van der Waals surface area contributed by atoms with Crippen molar-refractivity contribution in [1.82, 2.24) is 5.32 Å². The lowest BCUT2D eigenvalue weighted by atomic mass is 10.1. The highest BCUT2D eigenvalue weighted by atomic mass is 35.5. The first kappa shape index (κ1) is 19.8. The molecule has 0 heterocycles. The number of hydrogen-bond donors (Lipinski definition) is 2. The Morgan fingerprint density at radius 3 is 2.67 bits per heavy atom. The van der Waals surface area contributed by atoms with Crippen molar-refractivity contribution in [3.8, 4) is 11.5 Å². The average Bonchev–Trinajstić information content (AvgIpc) is 2.46. The van der Waals surface area contributed by atoms with E-state index in [-0.39, 0.29) is 24.2 Å². The molecule has 0 spiro atoms. The Morgan fingerprint density at radius 2 is 2.14 bits per heavy atom. The first-order valence-corrected chi connectivity index (χ1v) is 6.88. The molecule has 1 aromatic rings. The fourth-order valence-electron chi connectivity index (χ4n) is 1.63. The van der Waals surface area contributed by atoms with Gasteiger partial charge in [0.15, 0.2) is 11.5 Å². The molecule has 1 rings (SSSR count). The molecule has 0 bridgehead atoms. The van der Waals surface area contributed by atoms with Gasteiger partial charge in [0.1, 0.15) is 0 Å². The Hall–Kier alpha value is -1.17.